The molecule has 8 rings (SSSR count). The normalized spacial score (nSPS) is 12.1. The maximum absolute atomic E-state index is 12.1. The molecule has 8 aromatic carbocycles. The Morgan fingerprint density at radius 1 is 0.400 bits per heavy atom. The van der Waals surface area contributed by atoms with Gasteiger partial charge < -0.3 is 9.47 Å². The van der Waals surface area contributed by atoms with Gasteiger partial charge in [-0.3, -0.25) is 9.11 Å². The van der Waals surface area contributed by atoms with Crippen molar-refractivity contribution in [3.63, 3.8) is 0 Å². The van der Waals surface area contributed by atoms with Crippen molar-refractivity contribution in [1.29, 1.82) is 0 Å². The standard InChI is InChI=1S/C40H26O8S2/c41-49(42,43)29-16-10-26(11-17-29)34-24-30(50(44,45)46)18-23-38(34)48-37-22-15-28-12-19-32-36(21-14-27-13-20-33(37)40(28)39(27)32)47-35-9-5-4-8-31(35)25-6-2-1-3-7-25/h1-24H,(H,41,42,43)(H,44,45,46). The summed E-state index contributed by atoms with van der Waals surface area (Å²) in [5.74, 6) is 2.16. The maximum atomic E-state index is 12.1. The van der Waals surface area contributed by atoms with Crippen molar-refractivity contribution >= 4 is 52.6 Å². The van der Waals surface area contributed by atoms with E-state index in [2.05, 4.69) is 0 Å². The van der Waals surface area contributed by atoms with Gasteiger partial charge in [0.15, 0.2) is 0 Å². The predicted octanol–water partition coefficient (Wildman–Crippen LogP) is 10.00. The van der Waals surface area contributed by atoms with Crippen molar-refractivity contribution in [3.05, 3.63) is 146 Å². The number of hydrogen-bond donors (Lipinski definition) is 2. The average Bonchev–Trinajstić information content (AvgIpc) is 3.12. The number of benzene rings is 8. The maximum Gasteiger partial charge on any atom is 0.294 e. The molecule has 0 amide bonds. The third-order valence-corrected chi connectivity index (χ3v) is 10.4. The summed E-state index contributed by atoms with van der Waals surface area (Å²) in [6.07, 6.45) is 0. The molecule has 0 saturated heterocycles. The van der Waals surface area contributed by atoms with Crippen LogP contribution in [0.3, 0.4) is 0 Å². The second kappa shape index (κ2) is 12.0. The fourth-order valence-corrected chi connectivity index (χ4v) is 7.35. The molecule has 0 aliphatic rings. The third-order valence-electron chi connectivity index (χ3n) is 8.71. The van der Waals surface area contributed by atoms with Crippen molar-refractivity contribution < 1.29 is 35.4 Å². The van der Waals surface area contributed by atoms with Gasteiger partial charge in [0.2, 0.25) is 0 Å². The molecule has 0 radical (unpaired) electrons. The molecule has 10 heteroatoms. The van der Waals surface area contributed by atoms with Gasteiger partial charge in [-0.15, -0.1) is 0 Å². The van der Waals surface area contributed by atoms with E-state index in [4.69, 9.17) is 9.47 Å². The Balaban J connectivity index is 1.25. The summed E-state index contributed by atoms with van der Waals surface area (Å²) >= 11 is 0. The Morgan fingerprint density at radius 3 is 1.44 bits per heavy atom. The van der Waals surface area contributed by atoms with Crippen molar-refractivity contribution in [3.8, 4) is 45.3 Å². The second-order valence-corrected chi connectivity index (χ2v) is 14.6. The van der Waals surface area contributed by atoms with E-state index in [1.165, 1.54) is 42.5 Å². The Labute approximate surface area is 287 Å². The Hall–Kier alpha value is -5.78. The summed E-state index contributed by atoms with van der Waals surface area (Å²) in [5, 5.41) is 5.65. The lowest BCUT2D eigenvalue weighted by molar-refractivity contribution is 0.479. The fraction of sp³-hybridized carbons (Fsp3) is 0. The van der Waals surface area contributed by atoms with Crippen molar-refractivity contribution in [2.45, 2.75) is 9.79 Å². The second-order valence-electron chi connectivity index (χ2n) is 11.7. The zero-order valence-electron chi connectivity index (χ0n) is 26.0. The van der Waals surface area contributed by atoms with Crippen LogP contribution in [-0.2, 0) is 20.2 Å². The molecule has 246 valence electrons. The molecular weight excluding hydrogens is 673 g/mol. The van der Waals surface area contributed by atoms with Crippen LogP contribution < -0.4 is 9.47 Å². The molecule has 0 aliphatic carbocycles. The Kier molecular flexibility index (Phi) is 7.54. The molecule has 8 aromatic rings. The Bertz CT molecular complexity index is 2800. The zero-order chi connectivity index (χ0) is 34.6. The molecule has 0 saturated carbocycles. The topological polar surface area (TPSA) is 127 Å². The van der Waals surface area contributed by atoms with Crippen LogP contribution in [-0.4, -0.2) is 25.9 Å². The quantitative estimate of drug-likeness (QED) is 0.119. The number of rotatable bonds is 8. The van der Waals surface area contributed by atoms with E-state index in [1.54, 1.807) is 0 Å². The van der Waals surface area contributed by atoms with Crippen LogP contribution in [0.1, 0.15) is 0 Å². The summed E-state index contributed by atoms with van der Waals surface area (Å²) in [5.41, 5.74) is 2.69. The molecule has 0 unspecified atom stereocenters. The van der Waals surface area contributed by atoms with E-state index < -0.39 is 20.2 Å². The lowest BCUT2D eigenvalue weighted by Gasteiger charge is -2.18. The third kappa shape index (κ3) is 5.70. The van der Waals surface area contributed by atoms with E-state index in [0.29, 0.717) is 17.1 Å². The zero-order valence-corrected chi connectivity index (χ0v) is 27.6. The van der Waals surface area contributed by atoms with Crippen LogP contribution in [0.2, 0.25) is 0 Å². The fourth-order valence-electron chi connectivity index (χ4n) is 6.36. The smallest absolute Gasteiger partial charge is 0.294 e. The molecule has 0 spiro atoms. The minimum Gasteiger partial charge on any atom is -0.456 e. The highest BCUT2D eigenvalue weighted by atomic mass is 32.2. The summed E-state index contributed by atoms with van der Waals surface area (Å²) in [6, 6.07) is 42.9. The lowest BCUT2D eigenvalue weighted by Crippen LogP contribution is -2.00. The first kappa shape index (κ1) is 31.5. The largest absolute Gasteiger partial charge is 0.456 e. The number of ether oxygens (including phenoxy) is 2. The van der Waals surface area contributed by atoms with Crippen LogP contribution in [0.25, 0.3) is 54.6 Å². The molecule has 0 aliphatic heterocycles. The number of para-hydroxylation sites is 1. The highest BCUT2D eigenvalue weighted by molar-refractivity contribution is 7.86. The highest BCUT2D eigenvalue weighted by Crippen LogP contribution is 2.45. The van der Waals surface area contributed by atoms with Crippen LogP contribution >= 0.6 is 0 Å². The van der Waals surface area contributed by atoms with Gasteiger partial charge in [-0.2, -0.15) is 16.8 Å². The van der Waals surface area contributed by atoms with Gasteiger partial charge in [-0.1, -0.05) is 84.9 Å². The monoisotopic (exact) mass is 698 g/mol. The van der Waals surface area contributed by atoms with Gasteiger partial charge in [-0.25, -0.2) is 0 Å². The van der Waals surface area contributed by atoms with E-state index in [1.807, 2.05) is 103 Å². The van der Waals surface area contributed by atoms with Crippen molar-refractivity contribution in [2.24, 2.45) is 0 Å². The van der Waals surface area contributed by atoms with Crippen LogP contribution in [0, 0.1) is 0 Å². The van der Waals surface area contributed by atoms with Crippen LogP contribution in [0.4, 0.5) is 0 Å². The molecule has 0 bridgehead atoms. The van der Waals surface area contributed by atoms with Crippen LogP contribution in [0.15, 0.2) is 155 Å². The molecule has 0 atom stereocenters. The summed E-state index contributed by atoms with van der Waals surface area (Å²) < 4.78 is 79.8. The summed E-state index contributed by atoms with van der Waals surface area (Å²) in [6.45, 7) is 0. The molecule has 2 N–H and O–H groups in total. The minimum absolute atomic E-state index is 0.258. The molecular formula is C40H26O8S2. The Morgan fingerprint density at radius 2 is 0.860 bits per heavy atom. The van der Waals surface area contributed by atoms with E-state index in [0.717, 1.165) is 49.2 Å². The first-order valence-electron chi connectivity index (χ1n) is 15.4. The average molecular weight is 699 g/mol. The summed E-state index contributed by atoms with van der Waals surface area (Å²) in [7, 11) is -9.03. The minimum atomic E-state index is -4.57. The van der Waals surface area contributed by atoms with Gasteiger partial charge in [0.25, 0.3) is 20.2 Å². The van der Waals surface area contributed by atoms with Crippen LogP contribution in [0.5, 0.6) is 23.0 Å². The van der Waals surface area contributed by atoms with Crippen molar-refractivity contribution in [1.82, 2.24) is 0 Å². The van der Waals surface area contributed by atoms with Gasteiger partial charge in [0, 0.05) is 32.7 Å². The molecule has 8 nitrogen and oxygen atoms in total. The highest BCUT2D eigenvalue weighted by Gasteiger charge is 2.20. The van der Waals surface area contributed by atoms with Gasteiger partial charge >= 0.3 is 0 Å². The molecule has 0 heterocycles. The van der Waals surface area contributed by atoms with Crippen molar-refractivity contribution in [2.75, 3.05) is 0 Å². The van der Waals surface area contributed by atoms with Gasteiger partial charge in [0.05, 0.1) is 9.79 Å². The predicted molar refractivity (Wildman–Crippen MR) is 194 cm³/mol. The van der Waals surface area contributed by atoms with Gasteiger partial charge in [-0.05, 0) is 82.6 Å². The molecule has 0 fully saturated rings. The SMILES string of the molecule is O=S(=O)(O)c1ccc(-c2cc(S(=O)(=O)O)ccc2Oc2ccc3ccc4c(Oc5ccccc5-c5ccccc5)ccc5ccc2c3c54)cc1. The van der Waals surface area contributed by atoms with E-state index in [-0.39, 0.29) is 21.1 Å². The number of hydrogen-bond acceptors (Lipinski definition) is 6. The first-order valence-corrected chi connectivity index (χ1v) is 18.3. The first-order chi connectivity index (χ1) is 24.0. The van der Waals surface area contributed by atoms with E-state index >= 15 is 0 Å². The summed E-state index contributed by atoms with van der Waals surface area (Å²) in [4.78, 5) is -0.691. The van der Waals surface area contributed by atoms with E-state index in [9.17, 15) is 25.9 Å². The van der Waals surface area contributed by atoms with Gasteiger partial charge in [0.1, 0.15) is 23.0 Å². The lowest BCUT2D eigenvalue weighted by atomic mass is 9.93. The molecule has 0 aromatic heterocycles. The molecule has 50 heavy (non-hydrogen) atoms.